The van der Waals surface area contributed by atoms with Crippen LogP contribution in [0.5, 0.6) is 0 Å². The van der Waals surface area contributed by atoms with Gasteiger partial charge in [-0.2, -0.15) is 5.10 Å². The van der Waals surface area contributed by atoms with Crippen LogP contribution >= 0.6 is 0 Å². The third kappa shape index (κ3) is 2.69. The molecule has 1 aliphatic rings. The summed E-state index contributed by atoms with van der Waals surface area (Å²) in [6, 6.07) is 2.77. The van der Waals surface area contributed by atoms with Gasteiger partial charge in [0.05, 0.1) is 5.69 Å². The predicted molar refractivity (Wildman–Crippen MR) is 69.5 cm³/mol. The summed E-state index contributed by atoms with van der Waals surface area (Å²) in [5.74, 6) is 0.683. The number of aryl methyl sites for hydroxylation is 1. The van der Waals surface area contributed by atoms with Crippen molar-refractivity contribution in [3.63, 3.8) is 0 Å². The zero-order valence-corrected chi connectivity index (χ0v) is 11.0. The molecule has 0 bridgehead atoms. The van der Waals surface area contributed by atoms with Crippen LogP contribution < -0.4 is 5.73 Å². The Bertz CT molecular complexity index is 347. The number of hydrogen-bond acceptors (Lipinski definition) is 3. The Morgan fingerprint density at radius 1 is 1.53 bits per heavy atom. The summed E-state index contributed by atoms with van der Waals surface area (Å²) in [7, 11) is 2.01. The molecule has 2 unspecified atom stereocenters. The molecule has 0 radical (unpaired) electrons. The van der Waals surface area contributed by atoms with E-state index >= 15 is 0 Å². The molecule has 0 aromatic carbocycles. The van der Waals surface area contributed by atoms with E-state index in [2.05, 4.69) is 23.0 Å². The lowest BCUT2D eigenvalue weighted by Crippen LogP contribution is -2.40. The van der Waals surface area contributed by atoms with E-state index in [1.165, 1.54) is 25.0 Å². The number of nitrogens with two attached hydrogens (primary N) is 1. The van der Waals surface area contributed by atoms with Crippen molar-refractivity contribution in [2.45, 2.75) is 38.8 Å². The molecule has 1 aliphatic carbocycles. The molecule has 2 rings (SSSR count). The van der Waals surface area contributed by atoms with Crippen LogP contribution in [-0.4, -0.2) is 33.8 Å². The summed E-state index contributed by atoms with van der Waals surface area (Å²) in [6.45, 7) is 5.15. The van der Waals surface area contributed by atoms with E-state index in [1.807, 2.05) is 17.9 Å². The zero-order valence-electron chi connectivity index (χ0n) is 11.0. The molecule has 2 atom stereocenters. The Morgan fingerprint density at radius 3 is 2.94 bits per heavy atom. The summed E-state index contributed by atoms with van der Waals surface area (Å²) >= 11 is 0. The van der Waals surface area contributed by atoms with Gasteiger partial charge in [0.25, 0.3) is 0 Å². The summed E-state index contributed by atoms with van der Waals surface area (Å²) in [5, 5.41) is 4.24. The highest BCUT2D eigenvalue weighted by Gasteiger charge is 2.30. The molecule has 0 amide bonds. The van der Waals surface area contributed by atoms with Gasteiger partial charge in [0.1, 0.15) is 0 Å². The first kappa shape index (κ1) is 12.6. The molecule has 0 spiro atoms. The summed E-state index contributed by atoms with van der Waals surface area (Å²) in [5.41, 5.74) is 7.16. The van der Waals surface area contributed by atoms with Crippen molar-refractivity contribution in [2.75, 3.05) is 13.1 Å². The lowest BCUT2D eigenvalue weighted by molar-refractivity contribution is 0.158. The molecular weight excluding hydrogens is 212 g/mol. The Kier molecular flexibility index (Phi) is 4.18. The van der Waals surface area contributed by atoms with Crippen LogP contribution in [0.15, 0.2) is 12.3 Å². The molecule has 96 valence electrons. The maximum absolute atomic E-state index is 5.88. The van der Waals surface area contributed by atoms with Crippen molar-refractivity contribution in [1.29, 1.82) is 0 Å². The van der Waals surface area contributed by atoms with Gasteiger partial charge in [0.2, 0.25) is 0 Å². The number of aromatic nitrogens is 2. The predicted octanol–water partition coefficient (Wildman–Crippen LogP) is 1.37. The summed E-state index contributed by atoms with van der Waals surface area (Å²) in [4.78, 5) is 2.56. The van der Waals surface area contributed by atoms with Gasteiger partial charge in [-0.05, 0) is 37.9 Å². The van der Waals surface area contributed by atoms with Crippen molar-refractivity contribution in [2.24, 2.45) is 18.7 Å². The van der Waals surface area contributed by atoms with E-state index in [0.717, 1.165) is 19.6 Å². The van der Waals surface area contributed by atoms with E-state index in [4.69, 9.17) is 5.73 Å². The van der Waals surface area contributed by atoms with Crippen LogP contribution in [0.2, 0.25) is 0 Å². The normalized spacial score (nSPS) is 24.7. The fourth-order valence-electron chi connectivity index (χ4n) is 3.00. The fourth-order valence-corrected chi connectivity index (χ4v) is 3.00. The van der Waals surface area contributed by atoms with Crippen LogP contribution in [0.25, 0.3) is 0 Å². The average molecular weight is 236 g/mol. The molecule has 4 nitrogen and oxygen atoms in total. The Hall–Kier alpha value is -0.870. The highest BCUT2D eigenvalue weighted by molar-refractivity contribution is 5.01. The summed E-state index contributed by atoms with van der Waals surface area (Å²) < 4.78 is 1.97. The highest BCUT2D eigenvalue weighted by Crippen LogP contribution is 2.29. The molecule has 1 saturated carbocycles. The van der Waals surface area contributed by atoms with Gasteiger partial charge in [0.15, 0.2) is 0 Å². The Balaban J connectivity index is 2.03. The first-order valence-corrected chi connectivity index (χ1v) is 6.67. The Labute approximate surface area is 104 Å². The van der Waals surface area contributed by atoms with Crippen molar-refractivity contribution in [3.05, 3.63) is 18.0 Å². The van der Waals surface area contributed by atoms with E-state index in [0.29, 0.717) is 12.0 Å². The Morgan fingerprint density at radius 2 is 2.35 bits per heavy atom. The van der Waals surface area contributed by atoms with Gasteiger partial charge in [0, 0.05) is 25.8 Å². The molecule has 2 N–H and O–H groups in total. The van der Waals surface area contributed by atoms with Gasteiger partial charge < -0.3 is 5.73 Å². The number of rotatable bonds is 5. The van der Waals surface area contributed by atoms with Gasteiger partial charge in [-0.25, -0.2) is 0 Å². The lowest BCUT2D eigenvalue weighted by atomic mass is 10.0. The van der Waals surface area contributed by atoms with Crippen LogP contribution in [0.4, 0.5) is 0 Å². The van der Waals surface area contributed by atoms with Crippen LogP contribution in [0.3, 0.4) is 0 Å². The molecular formula is C13H24N4. The van der Waals surface area contributed by atoms with Gasteiger partial charge in [-0.1, -0.05) is 13.3 Å². The molecule has 0 aliphatic heterocycles. The molecule has 0 saturated heterocycles. The minimum absolute atomic E-state index is 0.667. The molecule has 1 aromatic rings. The molecule has 1 fully saturated rings. The second-order valence-electron chi connectivity index (χ2n) is 5.00. The SMILES string of the molecule is CCN(Cc1ccnn1C)C1CCCC1CN. The largest absolute Gasteiger partial charge is 0.330 e. The third-order valence-corrected chi connectivity index (χ3v) is 4.08. The first-order valence-electron chi connectivity index (χ1n) is 6.67. The average Bonchev–Trinajstić information content (AvgIpc) is 2.95. The van der Waals surface area contributed by atoms with E-state index < -0.39 is 0 Å². The van der Waals surface area contributed by atoms with Gasteiger partial charge in [-0.3, -0.25) is 9.58 Å². The van der Waals surface area contributed by atoms with Crippen molar-refractivity contribution >= 4 is 0 Å². The first-order chi connectivity index (χ1) is 8.26. The molecule has 17 heavy (non-hydrogen) atoms. The number of nitrogens with zero attached hydrogens (tertiary/aromatic N) is 3. The minimum Gasteiger partial charge on any atom is -0.330 e. The second-order valence-corrected chi connectivity index (χ2v) is 5.00. The zero-order chi connectivity index (χ0) is 12.3. The monoisotopic (exact) mass is 236 g/mol. The topological polar surface area (TPSA) is 47.1 Å². The quantitative estimate of drug-likeness (QED) is 0.840. The standard InChI is InChI=1S/C13H24N4/c1-3-17(10-12-7-8-15-16(12)2)13-6-4-5-11(13)9-14/h7-8,11,13H,3-6,9-10,14H2,1-2H3. The lowest BCUT2D eigenvalue weighted by Gasteiger charge is -2.31. The third-order valence-electron chi connectivity index (χ3n) is 4.08. The van der Waals surface area contributed by atoms with E-state index in [9.17, 15) is 0 Å². The van der Waals surface area contributed by atoms with Gasteiger partial charge >= 0.3 is 0 Å². The van der Waals surface area contributed by atoms with Gasteiger partial charge in [-0.15, -0.1) is 0 Å². The highest BCUT2D eigenvalue weighted by atomic mass is 15.3. The maximum atomic E-state index is 5.88. The fraction of sp³-hybridized carbons (Fsp3) is 0.769. The molecule has 1 heterocycles. The van der Waals surface area contributed by atoms with E-state index in [-0.39, 0.29) is 0 Å². The second kappa shape index (κ2) is 5.65. The number of hydrogen-bond donors (Lipinski definition) is 1. The smallest absolute Gasteiger partial charge is 0.0521 e. The van der Waals surface area contributed by atoms with Crippen LogP contribution in [0, 0.1) is 5.92 Å². The molecule has 1 aromatic heterocycles. The van der Waals surface area contributed by atoms with Crippen molar-refractivity contribution < 1.29 is 0 Å². The summed E-state index contributed by atoms with van der Waals surface area (Å²) in [6.07, 6.45) is 5.79. The minimum atomic E-state index is 0.667. The maximum Gasteiger partial charge on any atom is 0.0521 e. The van der Waals surface area contributed by atoms with Crippen molar-refractivity contribution in [3.8, 4) is 0 Å². The van der Waals surface area contributed by atoms with E-state index in [1.54, 1.807) is 0 Å². The van der Waals surface area contributed by atoms with Crippen molar-refractivity contribution in [1.82, 2.24) is 14.7 Å². The molecule has 4 heteroatoms. The van der Waals surface area contributed by atoms with Crippen LogP contribution in [-0.2, 0) is 13.6 Å². The van der Waals surface area contributed by atoms with Crippen LogP contribution in [0.1, 0.15) is 31.9 Å².